The van der Waals surface area contributed by atoms with Crippen LogP contribution in [0.3, 0.4) is 0 Å². The average Bonchev–Trinajstić information content (AvgIpc) is 3.00. The molecule has 0 spiro atoms. The number of aldehydes is 1. The summed E-state index contributed by atoms with van der Waals surface area (Å²) in [7, 11) is 0. The molecule has 1 fully saturated rings. The number of carbonyl (C=O) groups excluding carboxylic acids is 1. The molecule has 0 aliphatic carbocycles. The van der Waals surface area contributed by atoms with Gasteiger partial charge in [-0.25, -0.2) is 4.68 Å². The van der Waals surface area contributed by atoms with Crippen LogP contribution >= 0.6 is 0 Å². The molecular formula is C18H24N4O. The zero-order valence-electron chi connectivity index (χ0n) is 14.1. The van der Waals surface area contributed by atoms with Gasteiger partial charge in [0.1, 0.15) is 5.69 Å². The van der Waals surface area contributed by atoms with Crippen molar-refractivity contribution in [3.63, 3.8) is 0 Å². The number of benzene rings is 1. The Morgan fingerprint density at radius 2 is 1.74 bits per heavy atom. The number of hydrogen-bond acceptors (Lipinski definition) is 4. The van der Waals surface area contributed by atoms with E-state index in [1.165, 1.54) is 18.5 Å². The van der Waals surface area contributed by atoms with E-state index in [-0.39, 0.29) is 5.92 Å². The van der Waals surface area contributed by atoms with Gasteiger partial charge in [-0.2, -0.15) is 0 Å². The maximum Gasteiger partial charge on any atom is 0.172 e. The Kier molecular flexibility index (Phi) is 4.46. The Morgan fingerprint density at radius 1 is 1.13 bits per heavy atom. The standard InChI is InChI=1S/C18H24N4O/c1-13(2)18-17(12-23)19-20-22(18)16-6-4-15(5-7-16)21-10-8-14(3)9-11-21/h4-7,12-14H,8-11H2,1-3H3. The lowest BCUT2D eigenvalue weighted by molar-refractivity contribution is 0.111. The van der Waals surface area contributed by atoms with Crippen LogP contribution in [0.15, 0.2) is 24.3 Å². The van der Waals surface area contributed by atoms with Gasteiger partial charge in [-0.3, -0.25) is 4.79 Å². The van der Waals surface area contributed by atoms with Gasteiger partial charge in [0.25, 0.3) is 0 Å². The minimum Gasteiger partial charge on any atom is -0.372 e. The summed E-state index contributed by atoms with van der Waals surface area (Å²) in [5.41, 5.74) is 3.49. The van der Waals surface area contributed by atoms with Crippen molar-refractivity contribution < 1.29 is 4.79 Å². The normalized spacial score (nSPS) is 16.1. The maximum atomic E-state index is 11.1. The quantitative estimate of drug-likeness (QED) is 0.812. The molecule has 3 rings (SSSR count). The van der Waals surface area contributed by atoms with Gasteiger partial charge >= 0.3 is 0 Å². The Hall–Kier alpha value is -2.17. The van der Waals surface area contributed by atoms with Crippen molar-refractivity contribution in [3.8, 4) is 5.69 Å². The fourth-order valence-electron chi connectivity index (χ4n) is 3.19. The van der Waals surface area contributed by atoms with E-state index in [1.54, 1.807) is 4.68 Å². The highest BCUT2D eigenvalue weighted by Gasteiger charge is 2.18. The molecule has 0 amide bonds. The molecule has 5 nitrogen and oxygen atoms in total. The lowest BCUT2D eigenvalue weighted by atomic mass is 9.99. The molecule has 2 heterocycles. The van der Waals surface area contributed by atoms with Gasteiger partial charge in [0.05, 0.1) is 11.4 Å². The number of piperidine rings is 1. The van der Waals surface area contributed by atoms with Crippen LogP contribution in [0.5, 0.6) is 0 Å². The molecule has 0 unspecified atom stereocenters. The summed E-state index contributed by atoms with van der Waals surface area (Å²) in [5.74, 6) is 1.02. The zero-order valence-corrected chi connectivity index (χ0v) is 14.1. The molecule has 0 bridgehead atoms. The molecule has 1 aromatic heterocycles. The van der Waals surface area contributed by atoms with E-state index >= 15 is 0 Å². The summed E-state index contributed by atoms with van der Waals surface area (Å²) < 4.78 is 1.77. The second-order valence-electron chi connectivity index (χ2n) is 6.73. The van der Waals surface area contributed by atoms with Crippen molar-refractivity contribution in [1.82, 2.24) is 15.0 Å². The van der Waals surface area contributed by atoms with Gasteiger partial charge in [0, 0.05) is 18.8 Å². The lowest BCUT2D eigenvalue weighted by Gasteiger charge is -2.32. The van der Waals surface area contributed by atoms with Crippen molar-refractivity contribution in [2.45, 2.75) is 39.5 Å². The Bertz CT molecular complexity index is 667. The number of nitrogens with zero attached hydrogens (tertiary/aromatic N) is 4. The summed E-state index contributed by atoms with van der Waals surface area (Å²) >= 11 is 0. The number of rotatable bonds is 4. The van der Waals surface area contributed by atoms with Gasteiger partial charge in [-0.05, 0) is 48.9 Å². The van der Waals surface area contributed by atoms with Crippen molar-refractivity contribution >= 4 is 12.0 Å². The molecule has 2 aromatic rings. The third-order valence-electron chi connectivity index (χ3n) is 4.63. The summed E-state index contributed by atoms with van der Waals surface area (Å²) in [6.07, 6.45) is 3.29. The SMILES string of the molecule is CC1CCN(c2ccc(-n3nnc(C=O)c3C(C)C)cc2)CC1. The molecule has 1 aliphatic rings. The van der Waals surface area contributed by atoms with Crippen molar-refractivity contribution in [2.24, 2.45) is 5.92 Å². The molecular weight excluding hydrogens is 288 g/mol. The molecule has 23 heavy (non-hydrogen) atoms. The van der Waals surface area contributed by atoms with E-state index in [4.69, 9.17) is 0 Å². The van der Waals surface area contributed by atoms with E-state index in [0.717, 1.165) is 36.7 Å². The molecule has 0 atom stereocenters. The fraction of sp³-hybridized carbons (Fsp3) is 0.500. The Balaban J connectivity index is 1.85. The van der Waals surface area contributed by atoms with Crippen LogP contribution < -0.4 is 4.90 Å². The highest BCUT2D eigenvalue weighted by Crippen LogP contribution is 2.25. The van der Waals surface area contributed by atoms with E-state index < -0.39 is 0 Å². The number of aromatic nitrogens is 3. The number of hydrogen-bond donors (Lipinski definition) is 0. The largest absolute Gasteiger partial charge is 0.372 e. The van der Waals surface area contributed by atoms with E-state index in [9.17, 15) is 4.79 Å². The minimum absolute atomic E-state index is 0.188. The second-order valence-corrected chi connectivity index (χ2v) is 6.73. The zero-order chi connectivity index (χ0) is 16.4. The predicted molar refractivity (Wildman–Crippen MR) is 91.4 cm³/mol. The van der Waals surface area contributed by atoms with Crippen LogP contribution in [0.25, 0.3) is 5.69 Å². The van der Waals surface area contributed by atoms with Crippen LogP contribution in [-0.2, 0) is 0 Å². The molecule has 1 aromatic carbocycles. The first kappa shape index (κ1) is 15.7. The number of carbonyl (C=O) groups is 1. The first-order chi connectivity index (χ1) is 11.1. The van der Waals surface area contributed by atoms with Crippen LogP contribution in [0.1, 0.15) is 55.7 Å². The van der Waals surface area contributed by atoms with Crippen molar-refractivity contribution in [3.05, 3.63) is 35.7 Å². The first-order valence-corrected chi connectivity index (χ1v) is 8.36. The lowest BCUT2D eigenvalue weighted by Crippen LogP contribution is -2.32. The summed E-state index contributed by atoms with van der Waals surface area (Å²) in [6, 6.07) is 8.39. The predicted octanol–water partition coefficient (Wildman–Crippen LogP) is 3.44. The van der Waals surface area contributed by atoms with Crippen LogP contribution in [0.2, 0.25) is 0 Å². The summed E-state index contributed by atoms with van der Waals surface area (Å²) in [5, 5.41) is 8.14. The third-order valence-corrected chi connectivity index (χ3v) is 4.63. The van der Waals surface area contributed by atoms with Crippen molar-refractivity contribution in [1.29, 1.82) is 0 Å². The Labute approximate surface area is 137 Å². The van der Waals surface area contributed by atoms with Gasteiger partial charge in [-0.1, -0.05) is 26.0 Å². The highest BCUT2D eigenvalue weighted by atomic mass is 16.1. The van der Waals surface area contributed by atoms with Gasteiger partial charge in [0.15, 0.2) is 6.29 Å². The van der Waals surface area contributed by atoms with Crippen LogP contribution in [0, 0.1) is 5.92 Å². The molecule has 122 valence electrons. The Morgan fingerprint density at radius 3 is 2.30 bits per heavy atom. The smallest absolute Gasteiger partial charge is 0.172 e. The topological polar surface area (TPSA) is 51.0 Å². The van der Waals surface area contributed by atoms with E-state index in [2.05, 4.69) is 46.4 Å². The molecule has 0 N–H and O–H groups in total. The van der Waals surface area contributed by atoms with Crippen molar-refractivity contribution in [2.75, 3.05) is 18.0 Å². The average molecular weight is 312 g/mol. The third kappa shape index (κ3) is 3.14. The molecule has 0 saturated carbocycles. The molecule has 5 heteroatoms. The van der Waals surface area contributed by atoms with Gasteiger partial charge < -0.3 is 4.90 Å². The molecule has 0 radical (unpaired) electrons. The number of anilines is 1. The fourth-order valence-corrected chi connectivity index (χ4v) is 3.19. The van der Waals surface area contributed by atoms with Crippen LogP contribution in [0.4, 0.5) is 5.69 Å². The summed E-state index contributed by atoms with van der Waals surface area (Å²) in [4.78, 5) is 13.6. The second kappa shape index (κ2) is 6.52. The van der Waals surface area contributed by atoms with Gasteiger partial charge in [0.2, 0.25) is 0 Å². The van der Waals surface area contributed by atoms with Crippen LogP contribution in [-0.4, -0.2) is 34.4 Å². The molecule has 1 aliphatic heterocycles. The maximum absolute atomic E-state index is 11.1. The van der Waals surface area contributed by atoms with E-state index in [1.807, 2.05) is 13.8 Å². The first-order valence-electron chi connectivity index (χ1n) is 8.36. The monoisotopic (exact) mass is 312 g/mol. The molecule has 1 saturated heterocycles. The highest BCUT2D eigenvalue weighted by molar-refractivity contribution is 5.74. The van der Waals surface area contributed by atoms with E-state index in [0.29, 0.717) is 5.69 Å². The van der Waals surface area contributed by atoms with Gasteiger partial charge in [-0.15, -0.1) is 5.10 Å². The minimum atomic E-state index is 0.188. The summed E-state index contributed by atoms with van der Waals surface area (Å²) in [6.45, 7) is 8.66.